The molecule has 0 aliphatic heterocycles. The summed E-state index contributed by atoms with van der Waals surface area (Å²) >= 11 is 0. The number of hydrogen-bond donors (Lipinski definition) is 2. The predicted molar refractivity (Wildman–Crippen MR) is 84.9 cm³/mol. The molecule has 2 aromatic rings. The van der Waals surface area contributed by atoms with E-state index in [2.05, 4.69) is 15.7 Å². The molecule has 23 heavy (non-hydrogen) atoms. The molecular formula is C16H18N4O3. The van der Waals surface area contributed by atoms with Crippen molar-refractivity contribution in [3.8, 4) is 0 Å². The van der Waals surface area contributed by atoms with Crippen molar-refractivity contribution in [2.24, 2.45) is 7.05 Å². The van der Waals surface area contributed by atoms with Gasteiger partial charge in [-0.3, -0.25) is 14.4 Å². The highest BCUT2D eigenvalue weighted by Gasteiger charge is 2.23. The Morgan fingerprint density at radius 2 is 1.91 bits per heavy atom. The fraction of sp³-hybridized carbons (Fsp3) is 0.375. The fourth-order valence-corrected chi connectivity index (χ4v) is 2.41. The van der Waals surface area contributed by atoms with Gasteiger partial charge in [-0.25, -0.2) is 4.68 Å². The molecule has 0 atom stereocenters. The Balaban J connectivity index is 1.70. The van der Waals surface area contributed by atoms with E-state index in [9.17, 15) is 14.4 Å². The first-order valence-corrected chi connectivity index (χ1v) is 7.55. The van der Waals surface area contributed by atoms with Crippen molar-refractivity contribution < 1.29 is 9.59 Å². The van der Waals surface area contributed by atoms with E-state index in [4.69, 9.17) is 0 Å². The van der Waals surface area contributed by atoms with Crippen molar-refractivity contribution in [3.63, 3.8) is 0 Å². The smallest absolute Gasteiger partial charge is 0.274 e. The Hall–Kier alpha value is -2.70. The molecule has 1 heterocycles. The lowest BCUT2D eigenvalue weighted by atomic mass is 10.1. The van der Waals surface area contributed by atoms with Crippen molar-refractivity contribution >= 4 is 22.6 Å². The molecule has 0 spiro atoms. The maximum Gasteiger partial charge on any atom is 0.274 e. The van der Waals surface area contributed by atoms with Crippen LogP contribution in [0.5, 0.6) is 0 Å². The Bertz CT molecular complexity index is 824. The lowest BCUT2D eigenvalue weighted by Crippen LogP contribution is -2.38. The summed E-state index contributed by atoms with van der Waals surface area (Å²) in [5, 5.41) is 10.7. The number of benzene rings is 1. The second-order valence-electron chi connectivity index (χ2n) is 5.72. The molecule has 3 rings (SSSR count). The maximum absolute atomic E-state index is 12.0. The zero-order valence-corrected chi connectivity index (χ0v) is 12.8. The van der Waals surface area contributed by atoms with Gasteiger partial charge in [-0.1, -0.05) is 18.2 Å². The van der Waals surface area contributed by atoms with Crippen molar-refractivity contribution in [2.45, 2.75) is 25.3 Å². The van der Waals surface area contributed by atoms with Crippen LogP contribution in [0.3, 0.4) is 0 Å². The fourth-order valence-electron chi connectivity index (χ4n) is 2.41. The van der Waals surface area contributed by atoms with Gasteiger partial charge in [-0.2, -0.15) is 5.10 Å². The van der Waals surface area contributed by atoms with E-state index in [1.54, 1.807) is 31.3 Å². The minimum Gasteiger partial charge on any atom is -0.352 e. The minimum absolute atomic E-state index is 0.0192. The topological polar surface area (TPSA) is 93.1 Å². The molecule has 1 fully saturated rings. The van der Waals surface area contributed by atoms with E-state index < -0.39 is 0 Å². The van der Waals surface area contributed by atoms with Crippen LogP contribution >= 0.6 is 0 Å². The first kappa shape index (κ1) is 15.2. The average Bonchev–Trinajstić information content (AvgIpc) is 3.34. The number of aryl methyl sites for hydroxylation is 1. The van der Waals surface area contributed by atoms with Crippen LogP contribution in [-0.2, 0) is 23.1 Å². The quantitative estimate of drug-likeness (QED) is 0.804. The minimum atomic E-state index is -0.299. The zero-order chi connectivity index (χ0) is 16.4. The monoisotopic (exact) mass is 314 g/mol. The molecule has 120 valence electrons. The lowest BCUT2D eigenvalue weighted by molar-refractivity contribution is -0.125. The van der Waals surface area contributed by atoms with Gasteiger partial charge in [0.05, 0.1) is 24.0 Å². The van der Waals surface area contributed by atoms with E-state index >= 15 is 0 Å². The summed E-state index contributed by atoms with van der Waals surface area (Å²) in [5.41, 5.74) is 0.316. The van der Waals surface area contributed by atoms with Crippen LogP contribution in [-0.4, -0.2) is 34.2 Å². The normalized spacial score (nSPS) is 13.8. The number of carbonyl (C=O) groups is 2. The predicted octanol–water partition coefficient (Wildman–Crippen LogP) is -0.129. The molecule has 0 saturated heterocycles. The molecule has 1 aliphatic rings. The van der Waals surface area contributed by atoms with Crippen LogP contribution in [0.2, 0.25) is 0 Å². The van der Waals surface area contributed by atoms with Crippen LogP contribution in [0.15, 0.2) is 29.1 Å². The number of nitrogens with zero attached hydrogens (tertiary/aromatic N) is 2. The van der Waals surface area contributed by atoms with E-state index in [1.165, 1.54) is 4.68 Å². The molecule has 1 aromatic carbocycles. The number of aromatic nitrogens is 2. The SMILES string of the molecule is Cn1nc(CC(=O)NCC(=O)NC2CC2)c2ccccc2c1=O. The van der Waals surface area contributed by atoms with E-state index in [1.807, 2.05) is 0 Å². The van der Waals surface area contributed by atoms with Gasteiger partial charge >= 0.3 is 0 Å². The van der Waals surface area contributed by atoms with Gasteiger partial charge in [0, 0.05) is 18.5 Å². The first-order chi connectivity index (χ1) is 11.0. The van der Waals surface area contributed by atoms with Crippen LogP contribution in [0.4, 0.5) is 0 Å². The Labute approximate surface area is 132 Å². The van der Waals surface area contributed by atoms with Gasteiger partial charge < -0.3 is 10.6 Å². The highest BCUT2D eigenvalue weighted by Crippen LogP contribution is 2.18. The Kier molecular flexibility index (Phi) is 4.10. The van der Waals surface area contributed by atoms with Crippen LogP contribution in [0.25, 0.3) is 10.8 Å². The molecule has 1 saturated carbocycles. The number of hydrogen-bond acceptors (Lipinski definition) is 4. The highest BCUT2D eigenvalue weighted by molar-refractivity contribution is 5.90. The number of nitrogens with one attached hydrogen (secondary N) is 2. The van der Waals surface area contributed by atoms with Gasteiger partial charge in [0.25, 0.3) is 5.56 Å². The van der Waals surface area contributed by atoms with Crippen molar-refractivity contribution in [3.05, 3.63) is 40.3 Å². The van der Waals surface area contributed by atoms with Gasteiger partial charge in [-0.05, 0) is 18.9 Å². The third-order valence-electron chi connectivity index (χ3n) is 3.75. The number of amides is 2. The summed E-state index contributed by atoms with van der Waals surface area (Å²) in [6.45, 7) is -0.0426. The largest absolute Gasteiger partial charge is 0.352 e. The summed E-state index contributed by atoms with van der Waals surface area (Å²) in [6, 6.07) is 7.33. The summed E-state index contributed by atoms with van der Waals surface area (Å²) in [4.78, 5) is 35.7. The number of fused-ring (bicyclic) bond motifs is 1. The Morgan fingerprint density at radius 3 is 2.61 bits per heavy atom. The number of rotatable bonds is 5. The zero-order valence-electron chi connectivity index (χ0n) is 12.8. The molecule has 0 unspecified atom stereocenters. The van der Waals surface area contributed by atoms with Gasteiger partial charge in [0.1, 0.15) is 0 Å². The second kappa shape index (κ2) is 6.20. The number of carbonyl (C=O) groups excluding carboxylic acids is 2. The maximum atomic E-state index is 12.0. The van der Waals surface area contributed by atoms with Crippen molar-refractivity contribution in [2.75, 3.05) is 6.54 Å². The summed E-state index contributed by atoms with van der Waals surface area (Å²) in [7, 11) is 1.55. The molecule has 7 nitrogen and oxygen atoms in total. The summed E-state index contributed by atoms with van der Waals surface area (Å²) in [6.07, 6.45) is 2.03. The van der Waals surface area contributed by atoms with Crippen LogP contribution in [0.1, 0.15) is 18.5 Å². The van der Waals surface area contributed by atoms with Crippen molar-refractivity contribution in [1.29, 1.82) is 0 Å². The summed E-state index contributed by atoms with van der Waals surface area (Å²) in [5.74, 6) is -0.480. The van der Waals surface area contributed by atoms with Crippen LogP contribution < -0.4 is 16.2 Å². The molecule has 0 bridgehead atoms. The lowest BCUT2D eigenvalue weighted by Gasteiger charge is -2.09. The molecule has 2 amide bonds. The molecule has 1 aliphatic carbocycles. The summed E-state index contributed by atoms with van der Waals surface area (Å²) < 4.78 is 1.23. The molecule has 7 heteroatoms. The molecule has 2 N–H and O–H groups in total. The third-order valence-corrected chi connectivity index (χ3v) is 3.75. The average molecular weight is 314 g/mol. The molecular weight excluding hydrogens is 296 g/mol. The highest BCUT2D eigenvalue weighted by atomic mass is 16.2. The van der Waals surface area contributed by atoms with Gasteiger partial charge in [0.15, 0.2) is 0 Å². The van der Waals surface area contributed by atoms with E-state index in [0.29, 0.717) is 16.5 Å². The van der Waals surface area contributed by atoms with Gasteiger partial charge in [0.2, 0.25) is 11.8 Å². The Morgan fingerprint density at radius 1 is 1.22 bits per heavy atom. The van der Waals surface area contributed by atoms with Crippen LogP contribution in [0, 0.1) is 0 Å². The molecule has 0 radical (unpaired) electrons. The molecule has 1 aromatic heterocycles. The van der Waals surface area contributed by atoms with E-state index in [0.717, 1.165) is 12.8 Å². The van der Waals surface area contributed by atoms with Gasteiger partial charge in [-0.15, -0.1) is 0 Å². The third kappa shape index (κ3) is 3.56. The van der Waals surface area contributed by atoms with Crippen molar-refractivity contribution in [1.82, 2.24) is 20.4 Å². The standard InChI is InChI=1S/C16H18N4O3/c1-20-16(23)12-5-3-2-4-11(12)13(19-20)8-14(21)17-9-15(22)18-10-6-7-10/h2-5,10H,6-9H2,1H3,(H,17,21)(H,18,22). The second-order valence-corrected chi connectivity index (χ2v) is 5.72. The first-order valence-electron chi connectivity index (χ1n) is 7.55. The van der Waals surface area contributed by atoms with E-state index in [-0.39, 0.29) is 36.4 Å².